The molecular formula is C17H10ClF3N6O. The van der Waals surface area contributed by atoms with Crippen molar-refractivity contribution in [2.75, 3.05) is 7.11 Å². The molecule has 1 aromatic carbocycles. The van der Waals surface area contributed by atoms with Crippen LogP contribution in [0.25, 0.3) is 28.4 Å². The molecule has 4 aromatic rings. The molecule has 3 aromatic heterocycles. The fraction of sp³-hybridized carbons (Fsp3) is 0.118. The van der Waals surface area contributed by atoms with Crippen LogP contribution >= 0.6 is 11.6 Å². The molecule has 0 aliphatic carbocycles. The number of methoxy groups -OCH3 is 1. The van der Waals surface area contributed by atoms with Gasteiger partial charge in [0.05, 0.1) is 36.1 Å². The average molecular weight is 407 g/mol. The van der Waals surface area contributed by atoms with Gasteiger partial charge in [-0.05, 0) is 24.3 Å². The van der Waals surface area contributed by atoms with Crippen LogP contribution in [0.5, 0.6) is 5.88 Å². The highest BCUT2D eigenvalue weighted by Gasteiger charge is 2.31. The van der Waals surface area contributed by atoms with E-state index in [9.17, 15) is 13.2 Å². The third kappa shape index (κ3) is 3.22. The summed E-state index contributed by atoms with van der Waals surface area (Å²) in [7, 11) is 1.45. The lowest BCUT2D eigenvalue weighted by atomic mass is 10.2. The van der Waals surface area contributed by atoms with Gasteiger partial charge >= 0.3 is 6.18 Å². The van der Waals surface area contributed by atoms with E-state index >= 15 is 0 Å². The Labute approximate surface area is 160 Å². The van der Waals surface area contributed by atoms with Gasteiger partial charge in [0.2, 0.25) is 5.88 Å². The number of aromatic nitrogens is 6. The molecule has 0 unspecified atom stereocenters. The van der Waals surface area contributed by atoms with Crippen LogP contribution in [0.1, 0.15) is 5.56 Å². The number of imidazole rings is 1. The van der Waals surface area contributed by atoms with Gasteiger partial charge in [-0.1, -0.05) is 11.6 Å². The van der Waals surface area contributed by atoms with Gasteiger partial charge in [0.25, 0.3) is 0 Å². The number of benzene rings is 1. The van der Waals surface area contributed by atoms with E-state index < -0.39 is 11.7 Å². The van der Waals surface area contributed by atoms with Crippen LogP contribution in [0.2, 0.25) is 5.15 Å². The van der Waals surface area contributed by atoms with Gasteiger partial charge in [0.15, 0.2) is 11.6 Å². The molecule has 0 amide bonds. The van der Waals surface area contributed by atoms with Crippen LogP contribution in [-0.2, 0) is 6.18 Å². The summed E-state index contributed by atoms with van der Waals surface area (Å²) in [6, 6.07) is 6.46. The van der Waals surface area contributed by atoms with Crippen molar-refractivity contribution in [3.05, 3.63) is 53.4 Å². The largest absolute Gasteiger partial charge is 0.480 e. The van der Waals surface area contributed by atoms with Gasteiger partial charge < -0.3 is 4.74 Å². The van der Waals surface area contributed by atoms with E-state index in [2.05, 4.69) is 25.1 Å². The van der Waals surface area contributed by atoms with Gasteiger partial charge in [0, 0.05) is 6.07 Å². The van der Waals surface area contributed by atoms with E-state index in [4.69, 9.17) is 16.3 Å². The summed E-state index contributed by atoms with van der Waals surface area (Å²) in [6.07, 6.45) is -1.79. The Morgan fingerprint density at radius 2 is 1.86 bits per heavy atom. The van der Waals surface area contributed by atoms with Crippen molar-refractivity contribution in [3.8, 4) is 23.2 Å². The Kier molecular flexibility index (Phi) is 4.34. The number of halogens is 4. The second-order valence-electron chi connectivity index (χ2n) is 5.63. The Bertz CT molecular complexity index is 1140. The number of hydrogen-bond acceptors (Lipinski definition) is 6. The Hall–Kier alpha value is -3.27. The van der Waals surface area contributed by atoms with Gasteiger partial charge in [-0.15, -0.1) is 10.2 Å². The van der Waals surface area contributed by atoms with Crippen molar-refractivity contribution in [1.29, 1.82) is 0 Å². The zero-order chi connectivity index (χ0) is 19.9. The molecule has 11 heteroatoms. The lowest BCUT2D eigenvalue weighted by Gasteiger charge is -2.09. The Morgan fingerprint density at radius 1 is 1.04 bits per heavy atom. The number of hydrogen-bond donors (Lipinski definition) is 0. The van der Waals surface area contributed by atoms with Crippen LogP contribution in [-0.4, -0.2) is 36.8 Å². The standard InChI is InChI=1S/C17H10ClF3N6O/c1-28-15-5-4-14(25-26-15)27-12-3-2-9(17(19,20)21)6-10(12)24-16(27)11-7-23-13(18)8-22-11/h2-8H,1H3. The first-order valence-corrected chi connectivity index (χ1v) is 8.20. The monoisotopic (exact) mass is 406 g/mol. The minimum Gasteiger partial charge on any atom is -0.480 e. The minimum absolute atomic E-state index is 0.124. The first kappa shape index (κ1) is 18.1. The van der Waals surface area contributed by atoms with E-state index in [0.29, 0.717) is 22.9 Å². The second-order valence-corrected chi connectivity index (χ2v) is 6.02. The van der Waals surface area contributed by atoms with E-state index in [1.807, 2.05) is 0 Å². The molecule has 0 fully saturated rings. The molecule has 0 atom stereocenters. The highest BCUT2D eigenvalue weighted by molar-refractivity contribution is 6.29. The SMILES string of the molecule is COc1ccc(-n2c(-c3cnc(Cl)cn3)nc3cc(C(F)(F)F)ccc32)nn1. The molecule has 7 nitrogen and oxygen atoms in total. The van der Waals surface area contributed by atoms with Crippen LogP contribution in [0, 0.1) is 0 Å². The Morgan fingerprint density at radius 3 is 2.46 bits per heavy atom. The van der Waals surface area contributed by atoms with E-state index in [1.54, 1.807) is 16.7 Å². The van der Waals surface area contributed by atoms with E-state index in [1.165, 1.54) is 25.6 Å². The fourth-order valence-electron chi connectivity index (χ4n) is 2.63. The van der Waals surface area contributed by atoms with Crippen molar-refractivity contribution in [2.24, 2.45) is 0 Å². The number of ether oxygens (including phenoxy) is 1. The number of nitrogens with zero attached hydrogens (tertiary/aromatic N) is 6. The van der Waals surface area contributed by atoms with Crippen LogP contribution in [0.4, 0.5) is 13.2 Å². The number of fused-ring (bicyclic) bond motifs is 1. The summed E-state index contributed by atoms with van der Waals surface area (Å²) in [5.41, 5.74) is 0.0318. The molecule has 0 aliphatic heterocycles. The first-order valence-electron chi connectivity index (χ1n) is 7.82. The molecule has 0 saturated carbocycles. The average Bonchev–Trinajstić information content (AvgIpc) is 3.06. The smallest absolute Gasteiger partial charge is 0.416 e. The van der Waals surface area contributed by atoms with Crippen molar-refractivity contribution in [2.45, 2.75) is 6.18 Å². The van der Waals surface area contributed by atoms with Crippen LogP contribution in [0.15, 0.2) is 42.7 Å². The maximum absolute atomic E-state index is 13.1. The lowest BCUT2D eigenvalue weighted by molar-refractivity contribution is -0.137. The fourth-order valence-corrected chi connectivity index (χ4v) is 2.73. The molecule has 0 aliphatic rings. The van der Waals surface area contributed by atoms with Crippen LogP contribution < -0.4 is 4.74 Å². The summed E-state index contributed by atoms with van der Waals surface area (Å²) in [5.74, 6) is 0.869. The van der Waals surface area contributed by atoms with Crippen molar-refractivity contribution >= 4 is 22.6 Å². The summed E-state index contributed by atoms with van der Waals surface area (Å²) < 4.78 is 45.8. The molecular weight excluding hydrogens is 397 g/mol. The van der Waals surface area contributed by atoms with E-state index in [0.717, 1.165) is 12.1 Å². The number of alkyl halides is 3. The molecule has 0 spiro atoms. The minimum atomic E-state index is -4.49. The zero-order valence-corrected chi connectivity index (χ0v) is 14.9. The van der Waals surface area contributed by atoms with Crippen LogP contribution in [0.3, 0.4) is 0 Å². The molecule has 4 rings (SSSR count). The highest BCUT2D eigenvalue weighted by Crippen LogP contribution is 2.33. The maximum atomic E-state index is 13.1. The predicted molar refractivity (Wildman–Crippen MR) is 94.3 cm³/mol. The molecule has 0 bridgehead atoms. The molecule has 142 valence electrons. The molecule has 3 heterocycles. The second kappa shape index (κ2) is 6.71. The maximum Gasteiger partial charge on any atom is 0.416 e. The summed E-state index contributed by atoms with van der Waals surface area (Å²) in [5, 5.41) is 8.15. The lowest BCUT2D eigenvalue weighted by Crippen LogP contribution is -2.05. The van der Waals surface area contributed by atoms with Crippen molar-refractivity contribution in [1.82, 2.24) is 29.7 Å². The topological polar surface area (TPSA) is 78.6 Å². The van der Waals surface area contributed by atoms with Gasteiger partial charge in [-0.25, -0.2) is 15.0 Å². The van der Waals surface area contributed by atoms with Crippen molar-refractivity contribution in [3.63, 3.8) is 0 Å². The molecule has 0 saturated heterocycles. The zero-order valence-electron chi connectivity index (χ0n) is 14.1. The Balaban J connectivity index is 1.98. The van der Waals surface area contributed by atoms with Gasteiger partial charge in [0.1, 0.15) is 10.8 Å². The molecule has 0 radical (unpaired) electrons. The highest BCUT2D eigenvalue weighted by atomic mass is 35.5. The van der Waals surface area contributed by atoms with Gasteiger partial charge in [-0.2, -0.15) is 13.2 Å². The van der Waals surface area contributed by atoms with Gasteiger partial charge in [-0.3, -0.25) is 4.57 Å². The summed E-state index contributed by atoms with van der Waals surface area (Å²) >= 11 is 5.78. The third-order valence-corrected chi connectivity index (χ3v) is 4.09. The number of rotatable bonds is 3. The third-order valence-electron chi connectivity index (χ3n) is 3.90. The predicted octanol–water partition coefficient (Wildman–Crippen LogP) is 3.95. The quantitative estimate of drug-likeness (QED) is 0.512. The summed E-state index contributed by atoms with van der Waals surface area (Å²) in [6.45, 7) is 0. The molecule has 0 N–H and O–H groups in total. The molecule has 28 heavy (non-hydrogen) atoms. The normalized spacial score (nSPS) is 11.8. The summed E-state index contributed by atoms with van der Waals surface area (Å²) in [4.78, 5) is 12.4. The van der Waals surface area contributed by atoms with Crippen molar-refractivity contribution < 1.29 is 17.9 Å². The first-order chi connectivity index (χ1) is 13.4. The van der Waals surface area contributed by atoms with E-state index in [-0.39, 0.29) is 16.5 Å².